The van der Waals surface area contributed by atoms with Gasteiger partial charge in [0.25, 0.3) is 0 Å². The van der Waals surface area contributed by atoms with E-state index in [1.54, 1.807) is 11.3 Å². The molecule has 4 heterocycles. The molecule has 0 aliphatic carbocycles. The predicted molar refractivity (Wildman–Crippen MR) is 84.9 cm³/mol. The lowest BCUT2D eigenvalue weighted by Crippen LogP contribution is -2.44. The van der Waals surface area contributed by atoms with E-state index in [4.69, 9.17) is 4.42 Å². The van der Waals surface area contributed by atoms with E-state index in [1.807, 2.05) is 13.1 Å². The molecule has 1 fully saturated rings. The van der Waals surface area contributed by atoms with Crippen molar-refractivity contribution >= 4 is 28.3 Å². The van der Waals surface area contributed by atoms with Gasteiger partial charge in [0.05, 0.1) is 0 Å². The van der Waals surface area contributed by atoms with Gasteiger partial charge in [-0.1, -0.05) is 0 Å². The summed E-state index contributed by atoms with van der Waals surface area (Å²) in [5.41, 5.74) is 3.87. The minimum Gasteiger partial charge on any atom is -0.440 e. The van der Waals surface area contributed by atoms with Crippen LogP contribution >= 0.6 is 11.3 Å². The maximum absolute atomic E-state index is 5.87. The summed E-state index contributed by atoms with van der Waals surface area (Å²) in [7, 11) is 0. The van der Waals surface area contributed by atoms with Gasteiger partial charge in [0.2, 0.25) is 0 Å². The third kappa shape index (κ3) is 2.20. The molecule has 0 aromatic carbocycles. The summed E-state index contributed by atoms with van der Waals surface area (Å²) >= 11 is 1.67. The van der Waals surface area contributed by atoms with Crippen LogP contribution in [0.2, 0.25) is 0 Å². The van der Waals surface area contributed by atoms with Crippen LogP contribution in [-0.2, 0) is 0 Å². The predicted octanol–water partition coefficient (Wildman–Crippen LogP) is 2.67. The highest BCUT2D eigenvalue weighted by Crippen LogP contribution is 2.34. The smallest absolute Gasteiger partial charge is 0.192 e. The van der Waals surface area contributed by atoms with Crippen LogP contribution in [0.3, 0.4) is 0 Å². The zero-order valence-electron chi connectivity index (χ0n) is 11.8. The van der Waals surface area contributed by atoms with E-state index in [0.717, 1.165) is 54.2 Å². The van der Waals surface area contributed by atoms with Gasteiger partial charge in [0.1, 0.15) is 0 Å². The Morgan fingerprint density at radius 1 is 1.33 bits per heavy atom. The Morgan fingerprint density at radius 2 is 2.19 bits per heavy atom. The second-order valence-corrected chi connectivity index (χ2v) is 5.94. The van der Waals surface area contributed by atoms with Crippen molar-refractivity contribution in [2.45, 2.75) is 6.92 Å². The number of pyridine rings is 1. The Hall–Kier alpha value is -1.92. The fourth-order valence-electron chi connectivity index (χ4n) is 2.74. The van der Waals surface area contributed by atoms with E-state index < -0.39 is 0 Å². The Kier molecular flexibility index (Phi) is 3.12. The molecular formula is C15H16N4OS. The van der Waals surface area contributed by atoms with E-state index >= 15 is 0 Å². The molecule has 1 N–H and O–H groups in total. The molecule has 108 valence electrons. The molecule has 0 atom stereocenters. The molecule has 5 nitrogen and oxygen atoms in total. The minimum absolute atomic E-state index is 0.686. The number of thiophene rings is 1. The van der Waals surface area contributed by atoms with Crippen molar-refractivity contribution in [3.8, 4) is 11.1 Å². The number of rotatable bonds is 2. The lowest BCUT2D eigenvalue weighted by Gasteiger charge is -2.28. The highest BCUT2D eigenvalue weighted by molar-refractivity contribution is 7.08. The zero-order chi connectivity index (χ0) is 14.2. The molecule has 6 heteroatoms. The van der Waals surface area contributed by atoms with Crippen LogP contribution in [0.1, 0.15) is 5.89 Å². The standard InChI is InChI=1S/C15H16N4OS/c1-10-18-13-14(20-10)12(11-2-7-21-9-11)8-17-15(13)19-5-3-16-4-6-19/h2,7-9,16H,3-6H2,1H3. The highest BCUT2D eigenvalue weighted by atomic mass is 32.1. The zero-order valence-corrected chi connectivity index (χ0v) is 12.6. The molecule has 1 aliphatic heterocycles. The fraction of sp³-hybridized carbons (Fsp3) is 0.333. The van der Waals surface area contributed by atoms with Gasteiger partial charge < -0.3 is 14.6 Å². The molecule has 0 unspecified atom stereocenters. The largest absolute Gasteiger partial charge is 0.440 e. The van der Waals surface area contributed by atoms with Gasteiger partial charge in [-0.05, 0) is 22.4 Å². The van der Waals surface area contributed by atoms with Crippen LogP contribution in [-0.4, -0.2) is 36.1 Å². The van der Waals surface area contributed by atoms with Crippen molar-refractivity contribution in [2.75, 3.05) is 31.1 Å². The maximum Gasteiger partial charge on any atom is 0.192 e. The van der Waals surface area contributed by atoms with Crippen LogP contribution in [0.5, 0.6) is 0 Å². The molecule has 0 amide bonds. The first-order valence-corrected chi connectivity index (χ1v) is 8.01. The minimum atomic E-state index is 0.686. The summed E-state index contributed by atoms with van der Waals surface area (Å²) in [6, 6.07) is 2.09. The van der Waals surface area contributed by atoms with E-state index in [0.29, 0.717) is 5.89 Å². The quantitative estimate of drug-likeness (QED) is 0.788. The van der Waals surface area contributed by atoms with Crippen molar-refractivity contribution in [3.63, 3.8) is 0 Å². The van der Waals surface area contributed by atoms with Crippen molar-refractivity contribution in [3.05, 3.63) is 28.9 Å². The van der Waals surface area contributed by atoms with Gasteiger partial charge in [-0.25, -0.2) is 9.97 Å². The summed E-state index contributed by atoms with van der Waals surface area (Å²) < 4.78 is 5.87. The molecular weight excluding hydrogens is 284 g/mol. The number of hydrogen-bond acceptors (Lipinski definition) is 6. The second kappa shape index (κ2) is 5.13. The van der Waals surface area contributed by atoms with Crippen molar-refractivity contribution < 1.29 is 4.42 Å². The number of nitrogens with one attached hydrogen (secondary N) is 1. The van der Waals surface area contributed by atoms with Crippen molar-refractivity contribution in [1.29, 1.82) is 0 Å². The monoisotopic (exact) mass is 300 g/mol. The Labute approximate surface area is 126 Å². The van der Waals surface area contributed by atoms with Crippen LogP contribution < -0.4 is 10.2 Å². The molecule has 1 aliphatic rings. The topological polar surface area (TPSA) is 54.2 Å². The summed E-state index contributed by atoms with van der Waals surface area (Å²) in [6.45, 7) is 5.75. The van der Waals surface area contributed by atoms with Gasteiger partial charge in [0.15, 0.2) is 22.8 Å². The number of piperazine rings is 1. The number of fused-ring (bicyclic) bond motifs is 1. The molecule has 4 rings (SSSR count). The van der Waals surface area contributed by atoms with Gasteiger partial charge >= 0.3 is 0 Å². The summed E-state index contributed by atoms with van der Waals surface area (Å²) in [4.78, 5) is 11.5. The van der Waals surface area contributed by atoms with E-state index in [9.17, 15) is 0 Å². The lowest BCUT2D eigenvalue weighted by molar-refractivity contribution is 0.561. The molecule has 1 saturated heterocycles. The van der Waals surface area contributed by atoms with Crippen molar-refractivity contribution in [1.82, 2.24) is 15.3 Å². The van der Waals surface area contributed by atoms with Gasteiger partial charge in [-0.3, -0.25) is 0 Å². The number of oxazole rings is 1. The second-order valence-electron chi connectivity index (χ2n) is 5.16. The molecule has 3 aromatic rings. The van der Waals surface area contributed by atoms with Crippen LogP contribution in [0.25, 0.3) is 22.2 Å². The average Bonchev–Trinajstić information content (AvgIpc) is 3.15. The number of aryl methyl sites for hydroxylation is 1. The third-order valence-corrected chi connectivity index (χ3v) is 4.44. The van der Waals surface area contributed by atoms with Crippen LogP contribution in [0, 0.1) is 6.92 Å². The fourth-order valence-corrected chi connectivity index (χ4v) is 3.39. The summed E-state index contributed by atoms with van der Waals surface area (Å²) in [5, 5.41) is 7.53. The number of nitrogens with zero attached hydrogens (tertiary/aromatic N) is 3. The SMILES string of the molecule is Cc1nc2c(N3CCNCC3)ncc(-c3ccsc3)c2o1. The van der Waals surface area contributed by atoms with E-state index in [2.05, 4.69) is 37.0 Å². The molecule has 0 saturated carbocycles. The molecule has 0 bridgehead atoms. The molecule has 21 heavy (non-hydrogen) atoms. The van der Waals surface area contributed by atoms with E-state index in [-0.39, 0.29) is 0 Å². The molecule has 0 radical (unpaired) electrons. The lowest BCUT2D eigenvalue weighted by atomic mass is 10.1. The van der Waals surface area contributed by atoms with Crippen LogP contribution in [0.15, 0.2) is 27.4 Å². The summed E-state index contributed by atoms with van der Waals surface area (Å²) in [6.07, 6.45) is 1.91. The van der Waals surface area contributed by atoms with Gasteiger partial charge in [0, 0.05) is 44.9 Å². The number of hydrogen-bond donors (Lipinski definition) is 1. The normalized spacial score (nSPS) is 15.8. The third-order valence-electron chi connectivity index (χ3n) is 3.76. The van der Waals surface area contributed by atoms with Gasteiger partial charge in [-0.15, -0.1) is 0 Å². The Balaban J connectivity index is 1.88. The van der Waals surface area contributed by atoms with Gasteiger partial charge in [-0.2, -0.15) is 11.3 Å². The molecule has 0 spiro atoms. The first-order chi connectivity index (χ1) is 10.3. The average molecular weight is 300 g/mol. The Bertz CT molecular complexity index is 759. The highest BCUT2D eigenvalue weighted by Gasteiger charge is 2.20. The maximum atomic E-state index is 5.87. The number of anilines is 1. The Morgan fingerprint density at radius 3 is 2.95 bits per heavy atom. The molecule has 3 aromatic heterocycles. The number of aromatic nitrogens is 2. The van der Waals surface area contributed by atoms with Crippen LogP contribution in [0.4, 0.5) is 5.82 Å². The van der Waals surface area contributed by atoms with Crippen molar-refractivity contribution in [2.24, 2.45) is 0 Å². The van der Waals surface area contributed by atoms with E-state index in [1.165, 1.54) is 0 Å². The first kappa shape index (κ1) is 12.8. The first-order valence-electron chi connectivity index (χ1n) is 7.07. The summed E-state index contributed by atoms with van der Waals surface area (Å²) in [5.74, 6) is 1.62.